The van der Waals surface area contributed by atoms with Gasteiger partial charge in [0.1, 0.15) is 16.4 Å². The number of aromatic nitrogens is 2. The smallest absolute Gasteiger partial charge is 0.259 e. The van der Waals surface area contributed by atoms with Crippen molar-refractivity contribution in [3.8, 4) is 5.75 Å². The standard InChI is InChI=1S/C19H20N4O3S/c1-10-12(3)27-19-17(10)18(25)20-15(21-19)9-16(24)23-22-11(2)13-7-5-6-8-14(13)26-4/h5-8H,9H2,1-4H3,(H,23,24)(H,20,21,25)/b22-11-. The summed E-state index contributed by atoms with van der Waals surface area (Å²) in [7, 11) is 1.58. The van der Waals surface area contributed by atoms with Crippen LogP contribution in [0.2, 0.25) is 0 Å². The Kier molecular flexibility index (Phi) is 5.36. The summed E-state index contributed by atoms with van der Waals surface area (Å²) in [5.41, 5.74) is 4.61. The van der Waals surface area contributed by atoms with Crippen LogP contribution in [0, 0.1) is 13.8 Å². The molecule has 8 heteroatoms. The number of ether oxygens (including phenoxy) is 1. The molecule has 3 rings (SSSR count). The first-order valence-corrected chi connectivity index (χ1v) is 9.17. The van der Waals surface area contributed by atoms with Gasteiger partial charge in [0.05, 0.1) is 24.6 Å². The molecular weight excluding hydrogens is 364 g/mol. The minimum atomic E-state index is -0.364. The lowest BCUT2D eigenvalue weighted by Crippen LogP contribution is -2.24. The van der Waals surface area contributed by atoms with Crippen LogP contribution in [0.3, 0.4) is 0 Å². The molecule has 7 nitrogen and oxygen atoms in total. The Morgan fingerprint density at radius 1 is 1.33 bits per heavy atom. The fourth-order valence-electron chi connectivity index (χ4n) is 2.72. The van der Waals surface area contributed by atoms with E-state index in [9.17, 15) is 9.59 Å². The van der Waals surface area contributed by atoms with Gasteiger partial charge < -0.3 is 9.72 Å². The van der Waals surface area contributed by atoms with Gasteiger partial charge in [-0.1, -0.05) is 12.1 Å². The maximum absolute atomic E-state index is 12.3. The van der Waals surface area contributed by atoms with E-state index in [1.807, 2.05) is 38.1 Å². The second kappa shape index (κ2) is 7.71. The van der Waals surface area contributed by atoms with Gasteiger partial charge in [-0.15, -0.1) is 11.3 Å². The molecule has 0 bridgehead atoms. The Labute approximate surface area is 160 Å². The van der Waals surface area contributed by atoms with Gasteiger partial charge in [0.2, 0.25) is 5.91 Å². The molecule has 0 saturated heterocycles. The molecule has 0 unspecified atom stereocenters. The first kappa shape index (κ1) is 18.8. The number of aromatic amines is 1. The molecular formula is C19H20N4O3S. The number of nitrogens with one attached hydrogen (secondary N) is 2. The SMILES string of the molecule is COc1ccccc1/C(C)=N\NC(=O)Cc1nc2sc(C)c(C)c2c(=O)[nH]1. The van der Waals surface area contributed by atoms with E-state index in [1.54, 1.807) is 14.0 Å². The minimum absolute atomic E-state index is 0.0656. The lowest BCUT2D eigenvalue weighted by molar-refractivity contribution is -0.120. The summed E-state index contributed by atoms with van der Waals surface area (Å²) in [6.07, 6.45) is -0.0656. The molecule has 2 heterocycles. The number of carbonyl (C=O) groups is 1. The number of hydrogen-bond donors (Lipinski definition) is 2. The summed E-state index contributed by atoms with van der Waals surface area (Å²) in [5.74, 6) is 0.626. The van der Waals surface area contributed by atoms with Crippen molar-refractivity contribution in [1.29, 1.82) is 0 Å². The van der Waals surface area contributed by atoms with Crippen LogP contribution in [0.1, 0.15) is 28.8 Å². The van der Waals surface area contributed by atoms with E-state index in [2.05, 4.69) is 20.5 Å². The van der Waals surface area contributed by atoms with Crippen molar-refractivity contribution < 1.29 is 9.53 Å². The molecule has 140 valence electrons. The first-order valence-electron chi connectivity index (χ1n) is 8.36. The summed E-state index contributed by atoms with van der Waals surface area (Å²) in [6, 6.07) is 7.41. The molecule has 2 N–H and O–H groups in total. The average Bonchev–Trinajstić information content (AvgIpc) is 2.93. The van der Waals surface area contributed by atoms with Gasteiger partial charge in [0.25, 0.3) is 5.56 Å². The van der Waals surface area contributed by atoms with Crippen molar-refractivity contribution in [2.45, 2.75) is 27.2 Å². The van der Waals surface area contributed by atoms with Gasteiger partial charge in [-0.2, -0.15) is 5.10 Å². The highest BCUT2D eigenvalue weighted by Gasteiger charge is 2.14. The molecule has 1 aromatic carbocycles. The molecule has 1 amide bonds. The van der Waals surface area contributed by atoms with E-state index in [1.165, 1.54) is 11.3 Å². The number of nitrogens with zero attached hydrogens (tertiary/aromatic N) is 2. The number of para-hydroxylation sites is 1. The molecule has 0 aliphatic heterocycles. The van der Waals surface area contributed by atoms with E-state index in [4.69, 9.17) is 4.74 Å². The predicted octanol–water partition coefficient (Wildman–Crippen LogP) is 2.69. The maximum atomic E-state index is 12.3. The Morgan fingerprint density at radius 2 is 2.07 bits per heavy atom. The Hall–Kier alpha value is -3.00. The Bertz CT molecular complexity index is 1100. The number of hydrogen-bond acceptors (Lipinski definition) is 6. The molecule has 2 aromatic heterocycles. The van der Waals surface area contributed by atoms with E-state index in [0.29, 0.717) is 27.5 Å². The number of thiophene rings is 1. The van der Waals surface area contributed by atoms with Crippen molar-refractivity contribution in [2.24, 2.45) is 5.10 Å². The fourth-order valence-corrected chi connectivity index (χ4v) is 3.77. The van der Waals surface area contributed by atoms with Crippen LogP contribution in [0.15, 0.2) is 34.2 Å². The lowest BCUT2D eigenvalue weighted by Gasteiger charge is -2.07. The Morgan fingerprint density at radius 3 is 2.81 bits per heavy atom. The third-order valence-electron chi connectivity index (χ3n) is 4.26. The van der Waals surface area contributed by atoms with Gasteiger partial charge in [0.15, 0.2) is 0 Å². The van der Waals surface area contributed by atoms with E-state index in [0.717, 1.165) is 16.0 Å². The van der Waals surface area contributed by atoms with Gasteiger partial charge in [-0.25, -0.2) is 10.4 Å². The van der Waals surface area contributed by atoms with E-state index in [-0.39, 0.29) is 17.9 Å². The van der Waals surface area contributed by atoms with Gasteiger partial charge in [-0.3, -0.25) is 9.59 Å². The zero-order valence-corrected chi connectivity index (χ0v) is 16.4. The molecule has 3 aromatic rings. The molecule has 0 radical (unpaired) electrons. The normalized spacial score (nSPS) is 11.6. The third-order valence-corrected chi connectivity index (χ3v) is 5.36. The molecule has 0 aliphatic rings. The van der Waals surface area contributed by atoms with Crippen LogP contribution in [0.25, 0.3) is 10.2 Å². The zero-order chi connectivity index (χ0) is 19.6. The number of carbonyl (C=O) groups excluding carboxylic acids is 1. The predicted molar refractivity (Wildman–Crippen MR) is 107 cm³/mol. The zero-order valence-electron chi connectivity index (χ0n) is 15.5. The summed E-state index contributed by atoms with van der Waals surface area (Å²) < 4.78 is 5.29. The Balaban J connectivity index is 1.76. The summed E-state index contributed by atoms with van der Waals surface area (Å²) in [4.78, 5) is 33.3. The molecule has 0 fully saturated rings. The van der Waals surface area contributed by atoms with Gasteiger partial charge in [-0.05, 0) is 38.5 Å². The largest absolute Gasteiger partial charge is 0.496 e. The number of amides is 1. The van der Waals surface area contributed by atoms with Gasteiger partial charge in [0, 0.05) is 10.4 Å². The third kappa shape index (κ3) is 3.90. The number of aryl methyl sites for hydroxylation is 2. The number of H-pyrrole nitrogens is 1. The number of hydrazone groups is 1. The van der Waals surface area contributed by atoms with Crippen molar-refractivity contribution >= 4 is 33.2 Å². The number of methoxy groups -OCH3 is 1. The van der Waals surface area contributed by atoms with Crippen LogP contribution in [-0.2, 0) is 11.2 Å². The topological polar surface area (TPSA) is 96.4 Å². The van der Waals surface area contributed by atoms with Crippen molar-refractivity contribution in [2.75, 3.05) is 7.11 Å². The number of rotatable bonds is 5. The molecule has 0 spiro atoms. The minimum Gasteiger partial charge on any atom is -0.496 e. The number of fused-ring (bicyclic) bond motifs is 1. The van der Waals surface area contributed by atoms with E-state index < -0.39 is 0 Å². The molecule has 27 heavy (non-hydrogen) atoms. The summed E-state index contributed by atoms with van der Waals surface area (Å²) in [5, 5.41) is 4.71. The second-order valence-electron chi connectivity index (χ2n) is 6.09. The van der Waals surface area contributed by atoms with Crippen molar-refractivity contribution in [3.05, 3.63) is 56.4 Å². The fraction of sp³-hybridized carbons (Fsp3) is 0.263. The second-order valence-corrected chi connectivity index (χ2v) is 7.29. The van der Waals surface area contributed by atoms with Crippen LogP contribution in [0.5, 0.6) is 5.75 Å². The highest BCUT2D eigenvalue weighted by Crippen LogP contribution is 2.25. The van der Waals surface area contributed by atoms with Crippen molar-refractivity contribution in [1.82, 2.24) is 15.4 Å². The van der Waals surface area contributed by atoms with Crippen molar-refractivity contribution in [3.63, 3.8) is 0 Å². The van der Waals surface area contributed by atoms with Crippen LogP contribution in [0.4, 0.5) is 0 Å². The summed E-state index contributed by atoms with van der Waals surface area (Å²) >= 11 is 1.45. The molecule has 0 atom stereocenters. The van der Waals surface area contributed by atoms with Crippen LogP contribution >= 0.6 is 11.3 Å². The maximum Gasteiger partial charge on any atom is 0.259 e. The van der Waals surface area contributed by atoms with Crippen LogP contribution in [-0.4, -0.2) is 28.7 Å². The molecule has 0 aliphatic carbocycles. The average molecular weight is 384 g/mol. The quantitative estimate of drug-likeness (QED) is 0.522. The highest BCUT2D eigenvalue weighted by atomic mass is 32.1. The first-order chi connectivity index (χ1) is 12.9. The number of benzene rings is 1. The van der Waals surface area contributed by atoms with E-state index >= 15 is 0 Å². The lowest BCUT2D eigenvalue weighted by atomic mass is 10.1. The monoisotopic (exact) mass is 384 g/mol. The molecule has 0 saturated carbocycles. The summed E-state index contributed by atoms with van der Waals surface area (Å²) in [6.45, 7) is 5.62. The van der Waals surface area contributed by atoms with Gasteiger partial charge >= 0.3 is 0 Å². The highest BCUT2D eigenvalue weighted by molar-refractivity contribution is 7.18. The van der Waals surface area contributed by atoms with Crippen LogP contribution < -0.4 is 15.7 Å².